The quantitative estimate of drug-likeness (QED) is 0.155. The Morgan fingerprint density at radius 1 is 1.04 bits per heavy atom. The molecule has 1 atom stereocenters. The number of nitrogens with one attached hydrogen (secondary N) is 2. The van der Waals surface area contributed by atoms with Gasteiger partial charge < -0.3 is 30.1 Å². The average Bonchev–Trinajstić information content (AvgIpc) is 3.49. The van der Waals surface area contributed by atoms with E-state index in [-0.39, 0.29) is 41.3 Å². The summed E-state index contributed by atoms with van der Waals surface area (Å²) in [4.78, 5) is 59.1. The number of benzene rings is 2. The molecule has 260 valence electrons. The maximum Gasteiger partial charge on any atom is 0.410 e. The molecule has 1 aliphatic rings. The van der Waals surface area contributed by atoms with Crippen LogP contribution in [0.4, 0.5) is 10.5 Å². The number of halogens is 2. The molecule has 3 amide bonds. The molecule has 0 saturated carbocycles. The number of carbonyl (C=O) groups is 4. The summed E-state index contributed by atoms with van der Waals surface area (Å²) in [5, 5.41) is 15.2. The first-order chi connectivity index (χ1) is 23.7. The van der Waals surface area contributed by atoms with E-state index in [1.165, 1.54) is 19.2 Å². The lowest BCUT2D eigenvalue weighted by Gasteiger charge is -2.29. The third kappa shape index (κ3) is 8.50. The Balaban J connectivity index is 1.41. The minimum Gasteiger partial charge on any atom is -0.496 e. The van der Waals surface area contributed by atoms with Gasteiger partial charge in [0.2, 0.25) is 5.91 Å². The molecule has 12 nitrogen and oxygen atoms in total. The number of carboxylic acids is 1. The van der Waals surface area contributed by atoms with Crippen molar-refractivity contribution in [2.45, 2.75) is 51.8 Å². The number of hydrogen-bond donors (Lipinski definition) is 3. The smallest absolute Gasteiger partial charge is 0.410 e. The number of carboxylic acid groups (broad SMARTS) is 1. The van der Waals surface area contributed by atoms with Crippen LogP contribution in [-0.2, 0) is 16.1 Å². The minimum absolute atomic E-state index is 0.0117. The van der Waals surface area contributed by atoms with E-state index in [1.807, 2.05) is 12.1 Å². The van der Waals surface area contributed by atoms with Crippen molar-refractivity contribution >= 4 is 52.8 Å². The third-order valence-corrected chi connectivity index (χ3v) is 8.56. The van der Waals surface area contributed by atoms with Crippen molar-refractivity contribution in [3.05, 3.63) is 93.9 Å². The molecular weight excluding hydrogens is 685 g/mol. The molecule has 5 rings (SSSR count). The van der Waals surface area contributed by atoms with Gasteiger partial charge in [-0.05, 0) is 57.5 Å². The number of hydrogen-bond acceptors (Lipinski definition) is 8. The molecule has 0 spiro atoms. The maximum atomic E-state index is 13.2. The molecule has 3 N–H and O–H groups in total. The zero-order chi connectivity index (χ0) is 36.2. The van der Waals surface area contributed by atoms with Crippen molar-refractivity contribution in [1.29, 1.82) is 0 Å². The Morgan fingerprint density at radius 2 is 1.80 bits per heavy atom. The summed E-state index contributed by atoms with van der Waals surface area (Å²) in [5.41, 5.74) is 2.43. The molecule has 2 aromatic heterocycles. The van der Waals surface area contributed by atoms with Gasteiger partial charge in [0, 0.05) is 53.7 Å². The summed E-state index contributed by atoms with van der Waals surface area (Å²) in [7, 11) is 1.53. The zero-order valence-corrected chi connectivity index (χ0v) is 29.3. The zero-order valence-electron chi connectivity index (χ0n) is 27.8. The second kappa shape index (κ2) is 15.1. The maximum absolute atomic E-state index is 13.2. The summed E-state index contributed by atoms with van der Waals surface area (Å²) in [5.74, 6) is -1.29. The lowest BCUT2D eigenvalue weighted by Crippen LogP contribution is -2.43. The van der Waals surface area contributed by atoms with Crippen molar-refractivity contribution in [3.8, 4) is 28.1 Å². The molecular formula is C36H35Cl2N5O7. The van der Waals surface area contributed by atoms with Crippen LogP contribution in [0.1, 0.15) is 60.0 Å². The van der Waals surface area contributed by atoms with Gasteiger partial charge in [-0.25, -0.2) is 9.59 Å². The molecule has 1 fully saturated rings. The van der Waals surface area contributed by atoms with E-state index in [2.05, 4.69) is 20.6 Å². The highest BCUT2D eigenvalue weighted by atomic mass is 35.5. The summed E-state index contributed by atoms with van der Waals surface area (Å²) < 4.78 is 11.4. The van der Waals surface area contributed by atoms with E-state index in [4.69, 9.17) is 37.8 Å². The van der Waals surface area contributed by atoms with Crippen LogP contribution in [0, 0.1) is 0 Å². The Morgan fingerprint density at radius 3 is 2.44 bits per heavy atom. The van der Waals surface area contributed by atoms with Crippen LogP contribution >= 0.6 is 23.2 Å². The molecule has 0 radical (unpaired) electrons. The topological polar surface area (TPSA) is 160 Å². The number of amides is 3. The standard InChI is InChI=1S/C36H35Cl2N5O7/c1-36(2,3)50-35(48)43(19-23-11-13-29(44)41-23)18-22-9-8-20(16-28(22)49-4)32-31(38)25(14-15-39-32)24-6-5-7-26(30(24)37)42-33(45)27-12-10-21(17-40-27)34(46)47/h5-10,12,14-17,23H,11,13,18-19H2,1-4H3,(H,41,44)(H,42,45)(H,46,47)/t23-/m0/s1. The van der Waals surface area contributed by atoms with Gasteiger partial charge in [-0.1, -0.05) is 47.5 Å². The van der Waals surface area contributed by atoms with Gasteiger partial charge in [0.05, 0.1) is 40.6 Å². The Labute approximate surface area is 298 Å². The van der Waals surface area contributed by atoms with Crippen molar-refractivity contribution in [1.82, 2.24) is 20.2 Å². The largest absolute Gasteiger partial charge is 0.496 e. The van der Waals surface area contributed by atoms with E-state index in [1.54, 1.807) is 62.2 Å². The highest BCUT2D eigenvalue weighted by Crippen LogP contribution is 2.41. The summed E-state index contributed by atoms with van der Waals surface area (Å²) in [6, 6.07) is 14.6. The predicted molar refractivity (Wildman–Crippen MR) is 189 cm³/mol. The van der Waals surface area contributed by atoms with Gasteiger partial charge in [-0.2, -0.15) is 0 Å². The molecule has 0 aliphatic carbocycles. The molecule has 3 heterocycles. The Kier molecular flexibility index (Phi) is 10.9. The van der Waals surface area contributed by atoms with Gasteiger partial charge in [0.15, 0.2) is 0 Å². The molecule has 2 aromatic carbocycles. The van der Waals surface area contributed by atoms with Gasteiger partial charge in [-0.15, -0.1) is 0 Å². The minimum atomic E-state index is -1.15. The monoisotopic (exact) mass is 719 g/mol. The molecule has 14 heteroatoms. The molecule has 1 saturated heterocycles. The lowest BCUT2D eigenvalue weighted by atomic mass is 10.0. The van der Waals surface area contributed by atoms with E-state index in [0.29, 0.717) is 57.2 Å². The number of pyridine rings is 2. The fourth-order valence-electron chi connectivity index (χ4n) is 5.37. The van der Waals surface area contributed by atoms with Crippen LogP contribution in [0.15, 0.2) is 67.0 Å². The molecule has 1 aliphatic heterocycles. The van der Waals surface area contributed by atoms with Crippen LogP contribution in [-0.4, -0.2) is 69.1 Å². The third-order valence-electron chi connectivity index (χ3n) is 7.77. The van der Waals surface area contributed by atoms with Gasteiger partial charge in [-0.3, -0.25) is 19.6 Å². The second-order valence-corrected chi connectivity index (χ2v) is 13.3. The number of anilines is 1. The van der Waals surface area contributed by atoms with Crippen molar-refractivity contribution in [2.24, 2.45) is 0 Å². The number of rotatable bonds is 10. The molecule has 4 aromatic rings. The van der Waals surface area contributed by atoms with Crippen molar-refractivity contribution < 1.29 is 33.8 Å². The first-order valence-electron chi connectivity index (χ1n) is 15.6. The van der Waals surface area contributed by atoms with E-state index >= 15 is 0 Å². The summed E-state index contributed by atoms with van der Waals surface area (Å²) in [6.07, 6.45) is 3.21. The van der Waals surface area contributed by atoms with Gasteiger partial charge in [0.25, 0.3) is 5.91 Å². The van der Waals surface area contributed by atoms with E-state index < -0.39 is 23.6 Å². The number of ether oxygens (including phenoxy) is 2. The van der Waals surface area contributed by atoms with Gasteiger partial charge >= 0.3 is 12.1 Å². The number of methoxy groups -OCH3 is 1. The fraction of sp³-hybridized carbons (Fsp3) is 0.278. The number of aromatic nitrogens is 2. The SMILES string of the molecule is COc1cc(-c2nccc(-c3cccc(NC(=O)c4ccc(C(=O)O)cn4)c3Cl)c2Cl)ccc1CN(C[C@@H]1CCC(=O)N1)C(=O)OC(C)(C)C. The van der Waals surface area contributed by atoms with E-state index in [0.717, 1.165) is 6.20 Å². The number of aromatic carboxylic acids is 1. The first-order valence-corrected chi connectivity index (χ1v) is 16.4. The molecule has 50 heavy (non-hydrogen) atoms. The van der Waals surface area contributed by atoms with Crippen molar-refractivity contribution in [2.75, 3.05) is 19.0 Å². The average molecular weight is 721 g/mol. The number of nitrogens with zero attached hydrogens (tertiary/aromatic N) is 3. The van der Waals surface area contributed by atoms with E-state index in [9.17, 15) is 19.2 Å². The highest BCUT2D eigenvalue weighted by molar-refractivity contribution is 6.39. The molecule has 0 bridgehead atoms. The highest BCUT2D eigenvalue weighted by Gasteiger charge is 2.29. The van der Waals surface area contributed by atoms with Gasteiger partial charge in [0.1, 0.15) is 17.0 Å². The van der Waals surface area contributed by atoms with Crippen LogP contribution in [0.5, 0.6) is 5.75 Å². The Hall–Kier alpha value is -5.20. The summed E-state index contributed by atoms with van der Waals surface area (Å²) in [6.45, 7) is 5.82. The fourth-order valence-corrected chi connectivity index (χ4v) is 5.97. The Bertz CT molecular complexity index is 1950. The predicted octanol–water partition coefficient (Wildman–Crippen LogP) is 7.09. The normalized spacial score (nSPS) is 14.1. The van der Waals surface area contributed by atoms with Crippen LogP contribution in [0.25, 0.3) is 22.4 Å². The van der Waals surface area contributed by atoms with Crippen LogP contribution in [0.3, 0.4) is 0 Å². The van der Waals surface area contributed by atoms with Crippen LogP contribution in [0.2, 0.25) is 10.0 Å². The number of carbonyl (C=O) groups excluding carboxylic acids is 3. The van der Waals surface area contributed by atoms with Crippen LogP contribution < -0.4 is 15.4 Å². The van der Waals surface area contributed by atoms with Crippen molar-refractivity contribution in [3.63, 3.8) is 0 Å². The lowest BCUT2D eigenvalue weighted by molar-refractivity contribution is -0.119. The molecule has 0 unspecified atom stereocenters. The second-order valence-electron chi connectivity index (χ2n) is 12.6. The first kappa shape index (κ1) is 36.1. The summed E-state index contributed by atoms with van der Waals surface area (Å²) >= 11 is 13.7.